The zero-order chi connectivity index (χ0) is 57.9. The van der Waals surface area contributed by atoms with Gasteiger partial charge in [0.2, 0.25) is 0 Å². The van der Waals surface area contributed by atoms with Gasteiger partial charge in [0.15, 0.2) is 0 Å². The van der Waals surface area contributed by atoms with E-state index in [0.29, 0.717) is 0 Å². The third kappa shape index (κ3) is 13.2. The predicted molar refractivity (Wildman–Crippen MR) is 207 cm³/mol. The number of rotatable bonds is 2. The van der Waals surface area contributed by atoms with Crippen molar-refractivity contribution in [2.75, 3.05) is 0 Å². The minimum Gasteiger partial charge on any atom is -0.837 e. The summed E-state index contributed by atoms with van der Waals surface area (Å²) in [5, 5.41) is 44.1. The van der Waals surface area contributed by atoms with Crippen LogP contribution in [0.3, 0.4) is 0 Å². The Kier molecular flexibility index (Phi) is 20.6. The SMILES string of the molecule is Cc1ccccc1.[Ce+3].[O-]C(C(F)(F)F)(C(F)(F)F)C(O)(C(F)(F)F)C(F)(F)F.[O-]C(C(F)(F)F)(C(F)(F)F)C([O-])(C(F)(F)F)C(F)(F)F.c1cnc2c(c1)ccc1cccnc12.c1cnc2c(c1)ccc1cccnc12. The van der Waals surface area contributed by atoms with Crippen LogP contribution in [-0.4, -0.2) is 96.9 Å². The van der Waals surface area contributed by atoms with Crippen LogP contribution in [0.2, 0.25) is 0 Å². The summed E-state index contributed by atoms with van der Waals surface area (Å²) in [4.78, 5) is 17.4. The van der Waals surface area contributed by atoms with Crippen LogP contribution >= 0.6 is 0 Å². The molecule has 3 aromatic carbocycles. The van der Waals surface area contributed by atoms with Gasteiger partial charge in [0, 0.05) is 46.3 Å². The van der Waals surface area contributed by atoms with Gasteiger partial charge in [0.05, 0.1) is 33.3 Å². The average Bonchev–Trinajstić information content (AvgIpc) is 3.28. The van der Waals surface area contributed by atoms with Crippen molar-refractivity contribution in [3.63, 3.8) is 0 Å². The Bertz CT molecular complexity index is 2570. The molecule has 0 aliphatic heterocycles. The van der Waals surface area contributed by atoms with E-state index in [1.807, 2.05) is 42.5 Å². The summed E-state index contributed by atoms with van der Waals surface area (Å²) in [6.07, 6.45) is -54.0. The van der Waals surface area contributed by atoms with E-state index in [-0.39, 0.29) is 41.7 Å². The van der Waals surface area contributed by atoms with Crippen LogP contribution in [0.15, 0.2) is 128 Å². The van der Waals surface area contributed by atoms with E-state index < -0.39 is 71.8 Å². The fourth-order valence-electron chi connectivity index (χ4n) is 6.14. The topological polar surface area (TPSA) is 141 Å². The first-order valence-corrected chi connectivity index (χ1v) is 19.4. The third-order valence-corrected chi connectivity index (χ3v) is 9.85. The third-order valence-electron chi connectivity index (χ3n) is 9.85. The first-order valence-electron chi connectivity index (χ1n) is 19.4. The van der Waals surface area contributed by atoms with Gasteiger partial charge in [-0.2, -0.15) is 105 Å². The van der Waals surface area contributed by atoms with E-state index in [4.69, 9.17) is 5.11 Å². The number of halogens is 24. The second-order valence-corrected chi connectivity index (χ2v) is 14.8. The molecule has 0 atom stereocenters. The van der Waals surface area contributed by atoms with Gasteiger partial charge >= 0.3 is 91.2 Å². The number of hydrogen-bond acceptors (Lipinski definition) is 8. The van der Waals surface area contributed by atoms with Crippen molar-refractivity contribution < 1.29 is 168 Å². The van der Waals surface area contributed by atoms with Crippen LogP contribution in [0.5, 0.6) is 0 Å². The van der Waals surface area contributed by atoms with Gasteiger partial charge in [0.25, 0.3) is 5.60 Å². The number of nitrogens with zero attached hydrogens (tertiary/aromatic N) is 4. The smallest absolute Gasteiger partial charge is 0.837 e. The van der Waals surface area contributed by atoms with Gasteiger partial charge in [-0.25, -0.2) is 0 Å². The first-order chi connectivity index (χ1) is 33.8. The number of pyridine rings is 4. The van der Waals surface area contributed by atoms with Gasteiger partial charge in [-0.3, -0.25) is 19.9 Å². The molecule has 0 fully saturated rings. The standard InChI is InChI=1S/2C12H8N2.C7H8.C6HF12O2.C6F12O2.Ce/c2*1-3-9-5-6-10-4-2-8-14-12(10)11(9)13-7-1;1-7-5-3-2-4-6-7;2*7-3(8,9)1(19,4(10,11)12)2(20,5(13,14)15)6(16,17)18;/h2*1-8H;2-6H,1H3;19H;;/q;;;-1;-2;+3. The molecule has 0 saturated carbocycles. The Morgan fingerprint density at radius 1 is 0.303 bits per heavy atom. The minimum absolute atomic E-state index is 0. The minimum atomic E-state index is -7.86. The summed E-state index contributed by atoms with van der Waals surface area (Å²) in [6.45, 7) is 2.08. The fraction of sp³-hybridized carbons (Fsp3) is 0.302. The number of hydrogen-bond donors (Lipinski definition) is 1. The normalized spacial score (nSPS) is 13.5. The van der Waals surface area contributed by atoms with Crippen molar-refractivity contribution in [1.29, 1.82) is 0 Å². The van der Waals surface area contributed by atoms with Crippen LogP contribution in [-0.2, 0) is 0 Å². The molecular weight excluding hydrogens is 1230 g/mol. The van der Waals surface area contributed by atoms with Crippen molar-refractivity contribution in [2.24, 2.45) is 0 Å². The molecule has 0 bridgehead atoms. The van der Waals surface area contributed by atoms with E-state index in [1.165, 1.54) is 5.56 Å². The first kappa shape index (κ1) is 66.9. The molecule has 4 aromatic heterocycles. The molecule has 0 unspecified atom stereocenters. The average molecular weight is 1260 g/mol. The summed E-state index contributed by atoms with van der Waals surface area (Å²) in [5.41, 5.74) is -25.8. The molecule has 7 aromatic rings. The van der Waals surface area contributed by atoms with Gasteiger partial charge in [-0.1, -0.05) is 84.4 Å². The summed E-state index contributed by atoms with van der Waals surface area (Å²) in [5.74, 6) is 0. The van der Waals surface area contributed by atoms with E-state index in [1.54, 1.807) is 24.8 Å². The van der Waals surface area contributed by atoms with Gasteiger partial charge in [-0.15, -0.1) is 0 Å². The maximum atomic E-state index is 12.0. The molecule has 0 spiro atoms. The Morgan fingerprint density at radius 3 is 0.658 bits per heavy atom. The van der Waals surface area contributed by atoms with Crippen molar-refractivity contribution >= 4 is 43.6 Å². The number of alkyl halides is 24. The summed E-state index contributed by atoms with van der Waals surface area (Å²) in [6, 6.07) is 34.5. The van der Waals surface area contributed by atoms with Gasteiger partial charge < -0.3 is 20.4 Å². The molecule has 8 nitrogen and oxygen atoms in total. The predicted octanol–water partition coefficient (Wildman–Crippen LogP) is 11.1. The molecule has 7 rings (SSSR count). The van der Waals surface area contributed by atoms with Crippen LogP contribution in [0, 0.1) is 48.7 Å². The van der Waals surface area contributed by atoms with Crippen molar-refractivity contribution in [3.8, 4) is 0 Å². The zero-order valence-corrected chi connectivity index (χ0v) is 39.8. The molecule has 0 amide bonds. The Morgan fingerprint density at radius 2 is 0.513 bits per heavy atom. The summed E-state index contributed by atoms with van der Waals surface area (Å²) >= 11 is 0. The second-order valence-electron chi connectivity index (χ2n) is 14.8. The maximum absolute atomic E-state index is 12.0. The number of benzene rings is 3. The molecule has 1 radical (unpaired) electrons. The molecule has 413 valence electrons. The number of aliphatic hydroxyl groups is 1. The number of aromatic nitrogens is 4. The molecule has 76 heavy (non-hydrogen) atoms. The van der Waals surface area contributed by atoms with Crippen molar-refractivity contribution in [1.82, 2.24) is 19.9 Å². The van der Waals surface area contributed by atoms with Crippen molar-refractivity contribution in [3.05, 3.63) is 133 Å². The van der Waals surface area contributed by atoms with Crippen LogP contribution in [0.1, 0.15) is 5.56 Å². The molecule has 1 N–H and O–H groups in total. The molecule has 0 aliphatic rings. The van der Waals surface area contributed by atoms with E-state index >= 15 is 0 Å². The van der Waals surface area contributed by atoms with Gasteiger partial charge in [-0.05, 0) is 31.2 Å². The Balaban J connectivity index is 0.000000333. The van der Waals surface area contributed by atoms with E-state index in [2.05, 4.69) is 87.5 Å². The molecule has 0 saturated heterocycles. The maximum Gasteiger partial charge on any atom is 3.00 e. The quantitative estimate of drug-likeness (QED) is 0.133. The van der Waals surface area contributed by atoms with Crippen LogP contribution in [0.25, 0.3) is 43.6 Å². The molecule has 4 heterocycles. The Labute approximate surface area is 441 Å². The zero-order valence-electron chi connectivity index (χ0n) is 36.7. The molecule has 33 heteroatoms. The van der Waals surface area contributed by atoms with E-state index in [0.717, 1.165) is 43.6 Å². The van der Waals surface area contributed by atoms with E-state index in [9.17, 15) is 121 Å². The van der Waals surface area contributed by atoms with Gasteiger partial charge in [0.1, 0.15) is 5.60 Å². The monoisotopic (exact) mass is 1260 g/mol. The van der Waals surface area contributed by atoms with Crippen molar-refractivity contribution in [2.45, 2.75) is 78.7 Å². The summed E-state index contributed by atoms with van der Waals surface area (Å²) in [7, 11) is 0. The number of aryl methyl sites for hydroxylation is 1. The fourth-order valence-corrected chi connectivity index (χ4v) is 6.14. The summed E-state index contributed by atoms with van der Waals surface area (Å²) < 4.78 is 287. The van der Waals surface area contributed by atoms with Crippen LogP contribution in [0.4, 0.5) is 105 Å². The molecular formula is C43H25CeF24N4O4. The number of fused-ring (bicyclic) bond motifs is 6. The molecule has 0 aliphatic carbocycles. The largest absolute Gasteiger partial charge is 3.00 e. The Hall–Kier alpha value is -5.16. The second kappa shape index (κ2) is 23.4. The van der Waals surface area contributed by atoms with Crippen LogP contribution < -0.4 is 15.3 Å².